The van der Waals surface area contributed by atoms with E-state index in [1.165, 1.54) is 0 Å². The fourth-order valence-electron chi connectivity index (χ4n) is 0.0887. The van der Waals surface area contributed by atoms with Gasteiger partial charge in [-0.25, -0.2) is 4.79 Å². The minimum atomic E-state index is -2.40. The third-order valence-electron chi connectivity index (χ3n) is 0.172. The molecule has 0 aromatic rings. The third-order valence-corrected chi connectivity index (χ3v) is 0.515. The van der Waals surface area contributed by atoms with Crippen LogP contribution in [0.3, 0.4) is 0 Å². The maximum absolute atomic E-state index is 9.63. The molecule has 0 saturated heterocycles. The number of halogens is 1. The Labute approximate surface area is 43.1 Å². The van der Waals surface area contributed by atoms with E-state index in [4.69, 9.17) is 0 Å². The second kappa shape index (κ2) is 2.79. The summed E-state index contributed by atoms with van der Waals surface area (Å²) in [5, 5.41) is 0. The molecule has 0 atom stereocenters. The number of carbonyl (C=O) groups excluding carboxylic acids is 1. The SMILES string of the molecule is CC(=O)O[Cl+2]([O-])[O-]. The molecule has 0 rings (SSSR count). The molecule has 0 unspecified atom stereocenters. The van der Waals surface area contributed by atoms with Gasteiger partial charge in [-0.3, -0.25) is 0 Å². The lowest BCUT2D eigenvalue weighted by atomic mass is 10.9. The van der Waals surface area contributed by atoms with E-state index in [1.807, 2.05) is 0 Å². The largest absolute Gasteiger partial charge is 0.418 e. The molecule has 0 saturated carbocycles. The van der Waals surface area contributed by atoms with Gasteiger partial charge in [-0.15, -0.1) is 0 Å². The Kier molecular flexibility index (Phi) is 2.66. The van der Waals surface area contributed by atoms with Gasteiger partial charge in [0.1, 0.15) is 0 Å². The third kappa shape index (κ3) is 5.68. The van der Waals surface area contributed by atoms with Crippen molar-refractivity contribution >= 4 is 5.97 Å². The molecule has 0 N–H and O–H groups in total. The molecular weight excluding hydrogens is 123 g/mol. The van der Waals surface area contributed by atoms with E-state index in [2.05, 4.69) is 4.29 Å². The summed E-state index contributed by atoms with van der Waals surface area (Å²) < 4.78 is 22.2. The Morgan fingerprint density at radius 3 is 2.14 bits per heavy atom. The van der Waals surface area contributed by atoms with Gasteiger partial charge in [-0.1, -0.05) is 4.29 Å². The quantitative estimate of drug-likeness (QED) is 0.394. The fourth-order valence-corrected chi connectivity index (χ4v) is 0.266. The number of carbonyl (C=O) groups is 1. The van der Waals surface area contributed by atoms with Crippen LogP contribution in [0.5, 0.6) is 0 Å². The molecule has 0 aromatic heterocycles. The van der Waals surface area contributed by atoms with Gasteiger partial charge in [0.25, 0.3) is 0 Å². The molecule has 0 fully saturated rings. The lowest BCUT2D eigenvalue weighted by molar-refractivity contribution is -1.62. The van der Waals surface area contributed by atoms with E-state index < -0.39 is 16.8 Å². The predicted octanol–water partition coefficient (Wildman–Crippen LogP) is -2.36. The zero-order valence-electron chi connectivity index (χ0n) is 3.51. The van der Waals surface area contributed by atoms with Gasteiger partial charge in [-0.05, 0) is 0 Å². The number of hydrogen-bond acceptors (Lipinski definition) is 4. The van der Waals surface area contributed by atoms with Gasteiger partial charge in [0.15, 0.2) is 0 Å². The lowest BCUT2D eigenvalue weighted by Gasteiger charge is -1.85. The van der Waals surface area contributed by atoms with E-state index in [1.54, 1.807) is 0 Å². The second-order valence-corrected chi connectivity index (χ2v) is 1.29. The summed E-state index contributed by atoms with van der Waals surface area (Å²) >= 11 is 0. The Bertz CT molecular complexity index is 70.1. The molecule has 7 heavy (non-hydrogen) atoms. The van der Waals surface area contributed by atoms with Crippen molar-refractivity contribution in [2.75, 3.05) is 0 Å². The maximum Gasteiger partial charge on any atom is 0.418 e. The summed E-state index contributed by atoms with van der Waals surface area (Å²) in [5.41, 5.74) is 0. The Morgan fingerprint density at radius 1 is 1.71 bits per heavy atom. The molecule has 42 valence electrons. The fraction of sp³-hybridized carbons (Fsp3) is 0.500. The molecule has 0 heterocycles. The molecule has 5 heteroatoms. The van der Waals surface area contributed by atoms with Gasteiger partial charge in [0.2, 0.25) is 0 Å². The molecule has 0 bridgehead atoms. The van der Waals surface area contributed by atoms with E-state index in [0.717, 1.165) is 6.92 Å². The summed E-state index contributed by atoms with van der Waals surface area (Å²) in [6.07, 6.45) is 0. The molecular formula is C2H3ClO4. The lowest BCUT2D eigenvalue weighted by Crippen LogP contribution is -2.35. The van der Waals surface area contributed by atoms with Crippen LogP contribution in [0.4, 0.5) is 0 Å². The predicted molar refractivity (Wildman–Crippen MR) is 11.8 cm³/mol. The standard InChI is InChI=1S/C2H3ClO4/c1-2(4)7-3(5)6/h1H3. The first-order valence-electron chi connectivity index (χ1n) is 1.37. The normalized spacial score (nSPS) is 9.14. The molecule has 4 nitrogen and oxygen atoms in total. The minimum Gasteiger partial charge on any atom is -0.307 e. The van der Waals surface area contributed by atoms with Crippen molar-refractivity contribution in [2.24, 2.45) is 0 Å². The summed E-state index contributed by atoms with van der Waals surface area (Å²) in [4.78, 5) is 9.63. The highest BCUT2D eigenvalue weighted by Gasteiger charge is 2.09. The summed E-state index contributed by atoms with van der Waals surface area (Å²) in [7, 11) is -2.40. The summed E-state index contributed by atoms with van der Waals surface area (Å²) in [5.74, 6) is -0.842. The van der Waals surface area contributed by atoms with E-state index in [9.17, 15) is 14.1 Å². The van der Waals surface area contributed by atoms with Crippen LogP contribution < -0.4 is 9.32 Å². The van der Waals surface area contributed by atoms with E-state index in [-0.39, 0.29) is 0 Å². The van der Waals surface area contributed by atoms with Crippen LogP contribution in [0, 0.1) is 10.8 Å². The van der Waals surface area contributed by atoms with Crippen LogP contribution >= 0.6 is 0 Å². The highest BCUT2D eigenvalue weighted by Crippen LogP contribution is 1.75. The number of rotatable bonds is 1. The zero-order valence-corrected chi connectivity index (χ0v) is 4.27. The molecule has 0 aliphatic carbocycles. The monoisotopic (exact) mass is 126 g/mol. The van der Waals surface area contributed by atoms with Crippen molar-refractivity contribution in [3.63, 3.8) is 0 Å². The minimum absolute atomic E-state index is 0.842. The summed E-state index contributed by atoms with van der Waals surface area (Å²) in [6, 6.07) is 0. The first-order chi connectivity index (χ1) is 3.13. The van der Waals surface area contributed by atoms with Crippen molar-refractivity contribution in [3.05, 3.63) is 0 Å². The topological polar surface area (TPSA) is 72.4 Å². The van der Waals surface area contributed by atoms with Gasteiger partial charge >= 0.3 is 16.8 Å². The highest BCUT2D eigenvalue weighted by atomic mass is 35.6. The van der Waals surface area contributed by atoms with Crippen LogP contribution in [-0.4, -0.2) is 5.97 Å². The van der Waals surface area contributed by atoms with Gasteiger partial charge < -0.3 is 9.32 Å². The van der Waals surface area contributed by atoms with Gasteiger partial charge in [0, 0.05) is 6.92 Å². The van der Waals surface area contributed by atoms with E-state index >= 15 is 0 Å². The first kappa shape index (κ1) is 6.68. The second-order valence-electron chi connectivity index (χ2n) is 0.758. The molecule has 0 aliphatic rings. The van der Waals surface area contributed by atoms with Gasteiger partial charge in [0.05, 0.1) is 0 Å². The Balaban J connectivity index is 3.13. The smallest absolute Gasteiger partial charge is 0.307 e. The molecule has 0 spiro atoms. The highest BCUT2D eigenvalue weighted by molar-refractivity contribution is 5.64. The van der Waals surface area contributed by atoms with Gasteiger partial charge in [-0.2, -0.15) is 0 Å². The Morgan fingerprint density at radius 2 is 2.14 bits per heavy atom. The van der Waals surface area contributed by atoms with Crippen molar-refractivity contribution in [3.8, 4) is 0 Å². The maximum atomic E-state index is 9.63. The van der Waals surface area contributed by atoms with Crippen LogP contribution in [-0.2, 0) is 9.08 Å². The zero-order chi connectivity index (χ0) is 5.86. The van der Waals surface area contributed by atoms with Crippen molar-refractivity contribution in [2.45, 2.75) is 6.92 Å². The van der Waals surface area contributed by atoms with Crippen LogP contribution in [0.1, 0.15) is 6.92 Å². The van der Waals surface area contributed by atoms with Crippen LogP contribution in [0.15, 0.2) is 0 Å². The molecule has 0 aromatic carbocycles. The van der Waals surface area contributed by atoms with Crippen molar-refractivity contribution < 1.29 is 29.2 Å². The van der Waals surface area contributed by atoms with E-state index in [0.29, 0.717) is 0 Å². The Hall–Kier alpha value is -0.320. The van der Waals surface area contributed by atoms with Crippen LogP contribution in [0.25, 0.3) is 0 Å². The summed E-state index contributed by atoms with van der Waals surface area (Å²) in [6.45, 7) is 1.00. The molecule has 0 aliphatic heterocycles. The van der Waals surface area contributed by atoms with Crippen LogP contribution in [0.2, 0.25) is 0 Å². The average Bonchev–Trinajstić information content (AvgIpc) is 1.27. The average molecular weight is 126 g/mol. The first-order valence-corrected chi connectivity index (χ1v) is 2.30. The molecule has 0 amide bonds. The van der Waals surface area contributed by atoms with Crippen molar-refractivity contribution in [1.29, 1.82) is 0 Å². The molecule has 0 radical (unpaired) electrons. The van der Waals surface area contributed by atoms with Crippen molar-refractivity contribution in [1.82, 2.24) is 0 Å². The number of hydrogen-bond donors (Lipinski definition) is 0.